The summed E-state index contributed by atoms with van der Waals surface area (Å²) in [7, 11) is -1.40. The third-order valence-electron chi connectivity index (χ3n) is 5.20. The third kappa shape index (κ3) is 6.98. The summed E-state index contributed by atoms with van der Waals surface area (Å²) in [4.78, 5) is 7.10. The molecule has 1 unspecified atom stereocenters. The van der Waals surface area contributed by atoms with Crippen molar-refractivity contribution in [3.8, 4) is 0 Å². The zero-order valence-electron chi connectivity index (χ0n) is 17.5. The Labute approximate surface area is 196 Å². The molecule has 1 fully saturated rings. The molecule has 2 aromatic rings. The fourth-order valence-electron chi connectivity index (χ4n) is 3.59. The summed E-state index contributed by atoms with van der Waals surface area (Å²) in [5.41, 5.74) is 1.07. The zero-order chi connectivity index (χ0) is 20.7. The fourth-order valence-corrected chi connectivity index (χ4v) is 4.22. The Morgan fingerprint density at radius 1 is 1.17 bits per heavy atom. The number of nitrogens with zero attached hydrogens (tertiary/aromatic N) is 2. The van der Waals surface area contributed by atoms with Crippen LogP contribution in [-0.4, -0.2) is 58.8 Å². The summed E-state index contributed by atoms with van der Waals surface area (Å²) < 4.78 is 28.8. The van der Waals surface area contributed by atoms with Gasteiger partial charge in [0.2, 0.25) is 0 Å². The van der Waals surface area contributed by atoms with E-state index in [1.165, 1.54) is 19.1 Å². The molecule has 0 radical (unpaired) electrons. The maximum absolute atomic E-state index is 11.5. The molecule has 1 atom stereocenters. The van der Waals surface area contributed by atoms with Crippen molar-refractivity contribution in [3.05, 3.63) is 54.0 Å². The number of guanidine groups is 1. The molecular weight excluding hydrogens is 515 g/mol. The molecule has 1 aromatic heterocycles. The van der Waals surface area contributed by atoms with Crippen LogP contribution in [0.15, 0.2) is 57.0 Å². The van der Waals surface area contributed by atoms with Crippen molar-refractivity contribution in [2.75, 3.05) is 39.5 Å². The van der Waals surface area contributed by atoms with E-state index in [1.807, 2.05) is 24.3 Å². The molecule has 1 aromatic carbocycles. The predicted molar refractivity (Wildman–Crippen MR) is 130 cm³/mol. The molecule has 2 heterocycles. The van der Waals surface area contributed by atoms with Gasteiger partial charge in [-0.2, -0.15) is 0 Å². The number of nitrogens with one attached hydrogen (secondary N) is 2. The molecule has 1 aliphatic rings. The minimum Gasteiger partial charge on any atom is -0.468 e. The first-order valence-electron chi connectivity index (χ1n) is 9.98. The van der Waals surface area contributed by atoms with Crippen LogP contribution in [-0.2, 0) is 16.3 Å². The van der Waals surface area contributed by atoms with Gasteiger partial charge in [0.05, 0.1) is 17.2 Å². The van der Waals surface area contributed by atoms with Crippen LogP contribution in [0.2, 0.25) is 0 Å². The highest BCUT2D eigenvalue weighted by Crippen LogP contribution is 2.24. The molecule has 9 heteroatoms. The van der Waals surface area contributed by atoms with Crippen molar-refractivity contribution in [2.45, 2.75) is 30.2 Å². The van der Waals surface area contributed by atoms with Crippen LogP contribution in [0.3, 0.4) is 0 Å². The van der Waals surface area contributed by atoms with Gasteiger partial charge in [0.15, 0.2) is 15.8 Å². The minimum absolute atomic E-state index is 0. The first-order chi connectivity index (χ1) is 14.0. The first kappa shape index (κ1) is 24.7. The van der Waals surface area contributed by atoms with Crippen LogP contribution in [0, 0.1) is 0 Å². The zero-order valence-corrected chi connectivity index (χ0v) is 20.7. The normalized spacial score (nSPS) is 16.1. The van der Waals surface area contributed by atoms with Crippen LogP contribution in [0.25, 0.3) is 0 Å². The van der Waals surface area contributed by atoms with Crippen molar-refractivity contribution >= 4 is 39.8 Å². The fraction of sp³-hybridized carbons (Fsp3) is 0.476. The van der Waals surface area contributed by atoms with Crippen LogP contribution >= 0.6 is 24.0 Å². The summed E-state index contributed by atoms with van der Waals surface area (Å²) >= 11 is 0. The number of halogens is 1. The lowest BCUT2D eigenvalue weighted by Gasteiger charge is -2.26. The van der Waals surface area contributed by atoms with Crippen molar-refractivity contribution in [2.24, 2.45) is 4.99 Å². The van der Waals surface area contributed by atoms with Crippen molar-refractivity contribution in [1.82, 2.24) is 15.5 Å². The van der Waals surface area contributed by atoms with Crippen LogP contribution in [0.1, 0.15) is 30.2 Å². The molecule has 0 amide bonds. The largest absolute Gasteiger partial charge is 0.468 e. The predicted octanol–water partition coefficient (Wildman–Crippen LogP) is 2.85. The van der Waals surface area contributed by atoms with Crippen molar-refractivity contribution < 1.29 is 12.8 Å². The van der Waals surface area contributed by atoms with E-state index in [4.69, 9.17) is 4.42 Å². The summed E-state index contributed by atoms with van der Waals surface area (Å²) in [5, 5.41) is 6.73. The Morgan fingerprint density at radius 2 is 1.87 bits per heavy atom. The Kier molecular flexibility index (Phi) is 9.63. The van der Waals surface area contributed by atoms with Gasteiger partial charge in [-0.25, -0.2) is 8.42 Å². The van der Waals surface area contributed by atoms with E-state index in [-0.39, 0.29) is 30.0 Å². The molecule has 1 saturated heterocycles. The lowest BCUT2D eigenvalue weighted by Crippen LogP contribution is -2.43. The number of sulfone groups is 1. The minimum atomic E-state index is -3.16. The molecule has 0 bridgehead atoms. The lowest BCUT2D eigenvalue weighted by atomic mass is 10.1. The smallest absolute Gasteiger partial charge is 0.191 e. The van der Waals surface area contributed by atoms with Crippen LogP contribution in [0.4, 0.5) is 0 Å². The Hall–Kier alpha value is -1.59. The summed E-state index contributed by atoms with van der Waals surface area (Å²) in [6, 6.07) is 11.2. The quantitative estimate of drug-likeness (QED) is 0.301. The Bertz CT molecular complexity index is 893. The van der Waals surface area contributed by atoms with Gasteiger partial charge in [-0.3, -0.25) is 9.89 Å². The van der Waals surface area contributed by atoms with Gasteiger partial charge >= 0.3 is 0 Å². The van der Waals surface area contributed by atoms with Gasteiger partial charge in [0.25, 0.3) is 0 Å². The second-order valence-electron chi connectivity index (χ2n) is 7.32. The Balaban J connectivity index is 0.00000320. The van der Waals surface area contributed by atoms with Gasteiger partial charge in [0, 0.05) is 26.4 Å². The number of likely N-dealkylation sites (tertiary alicyclic amines) is 1. The second-order valence-corrected chi connectivity index (χ2v) is 9.34. The average molecular weight is 546 g/mol. The van der Waals surface area contributed by atoms with Gasteiger partial charge in [-0.05, 0) is 62.2 Å². The maximum atomic E-state index is 11.5. The standard InChI is InChI=1S/C21H30N4O3S.HI/c1-22-21(23-12-11-17-7-9-18(10-8-17)29(2,26)27)24-16-19(20-6-5-15-28-20)25-13-3-4-14-25;/h5-10,15,19H,3-4,11-14,16H2,1-2H3,(H2,22,23,24);1H. The molecule has 7 nitrogen and oxygen atoms in total. The highest BCUT2D eigenvalue weighted by molar-refractivity contribution is 14.0. The molecule has 0 saturated carbocycles. The summed E-state index contributed by atoms with van der Waals surface area (Å²) in [6.07, 6.45) is 6.17. The van der Waals surface area contributed by atoms with E-state index in [9.17, 15) is 8.42 Å². The SMILES string of the molecule is CN=C(NCCc1ccc(S(C)(=O)=O)cc1)NCC(c1ccco1)N1CCCC1.I. The van der Waals surface area contributed by atoms with E-state index in [0.717, 1.165) is 43.3 Å². The monoisotopic (exact) mass is 546 g/mol. The highest BCUT2D eigenvalue weighted by Gasteiger charge is 2.25. The van der Waals surface area contributed by atoms with Gasteiger partial charge < -0.3 is 15.1 Å². The molecule has 166 valence electrons. The molecule has 1 aliphatic heterocycles. The van der Waals surface area contributed by atoms with E-state index in [1.54, 1.807) is 25.4 Å². The Morgan fingerprint density at radius 3 is 2.43 bits per heavy atom. The van der Waals surface area contributed by atoms with E-state index in [2.05, 4.69) is 20.5 Å². The van der Waals surface area contributed by atoms with E-state index < -0.39 is 9.84 Å². The van der Waals surface area contributed by atoms with Gasteiger partial charge in [-0.15, -0.1) is 24.0 Å². The average Bonchev–Trinajstić information content (AvgIpc) is 3.41. The molecular formula is C21H31IN4O3S. The topological polar surface area (TPSA) is 86.9 Å². The van der Waals surface area contributed by atoms with Crippen molar-refractivity contribution in [1.29, 1.82) is 0 Å². The summed E-state index contributed by atoms with van der Waals surface area (Å²) in [6.45, 7) is 3.59. The van der Waals surface area contributed by atoms with Crippen LogP contribution < -0.4 is 10.6 Å². The highest BCUT2D eigenvalue weighted by atomic mass is 127. The number of hydrogen-bond acceptors (Lipinski definition) is 5. The second kappa shape index (κ2) is 11.7. The number of hydrogen-bond donors (Lipinski definition) is 2. The molecule has 30 heavy (non-hydrogen) atoms. The van der Waals surface area contributed by atoms with Gasteiger partial charge in [-0.1, -0.05) is 12.1 Å². The maximum Gasteiger partial charge on any atom is 0.191 e. The lowest BCUT2D eigenvalue weighted by molar-refractivity contribution is 0.215. The number of furan rings is 1. The summed E-state index contributed by atoms with van der Waals surface area (Å²) in [5.74, 6) is 1.72. The van der Waals surface area contributed by atoms with E-state index in [0.29, 0.717) is 11.4 Å². The molecule has 2 N–H and O–H groups in total. The number of aliphatic imine (C=N–C) groups is 1. The first-order valence-corrected chi connectivity index (χ1v) is 11.9. The number of rotatable bonds is 8. The third-order valence-corrected chi connectivity index (χ3v) is 6.33. The van der Waals surface area contributed by atoms with Crippen LogP contribution in [0.5, 0.6) is 0 Å². The number of benzene rings is 1. The van der Waals surface area contributed by atoms with E-state index >= 15 is 0 Å². The van der Waals surface area contributed by atoms with Crippen molar-refractivity contribution in [3.63, 3.8) is 0 Å². The van der Waals surface area contributed by atoms with Gasteiger partial charge in [0.1, 0.15) is 5.76 Å². The molecule has 3 rings (SSSR count). The molecule has 0 aliphatic carbocycles. The molecule has 0 spiro atoms.